The van der Waals surface area contributed by atoms with Gasteiger partial charge in [-0.2, -0.15) is 0 Å². The van der Waals surface area contributed by atoms with Gasteiger partial charge in [0.1, 0.15) is 5.60 Å². The number of amides is 1. The molecule has 0 radical (unpaired) electrons. The molecule has 1 N–H and O–H groups in total. The molecule has 0 bridgehead atoms. The molecule has 1 saturated heterocycles. The van der Waals surface area contributed by atoms with E-state index >= 15 is 0 Å². The Morgan fingerprint density at radius 1 is 1.42 bits per heavy atom. The fraction of sp³-hybridized carbons (Fsp3) is 0.929. The maximum Gasteiger partial charge on any atom is 0.410 e. The highest BCUT2D eigenvalue weighted by molar-refractivity contribution is 5.68. The molecular formula is C14H28N2O3. The van der Waals surface area contributed by atoms with Crippen LogP contribution in [0.25, 0.3) is 0 Å². The summed E-state index contributed by atoms with van der Waals surface area (Å²) < 4.78 is 5.41. The quantitative estimate of drug-likeness (QED) is 0.849. The number of hydrogen-bond donors (Lipinski definition) is 1. The molecule has 112 valence electrons. The zero-order chi connectivity index (χ0) is 14.6. The number of carbonyl (C=O) groups is 1. The van der Waals surface area contributed by atoms with E-state index in [4.69, 9.17) is 4.74 Å². The number of aliphatic hydroxyl groups is 1. The maximum atomic E-state index is 12.0. The Balaban J connectivity index is 2.56. The third-order valence-electron chi connectivity index (χ3n) is 3.23. The molecule has 1 rings (SSSR count). The normalized spacial score (nSPS) is 23.3. The van der Waals surface area contributed by atoms with Crippen LogP contribution in [0.5, 0.6) is 0 Å². The first-order valence-electron chi connectivity index (χ1n) is 7.13. The lowest BCUT2D eigenvalue weighted by Crippen LogP contribution is -2.56. The van der Waals surface area contributed by atoms with E-state index in [2.05, 4.69) is 11.8 Å². The first kappa shape index (κ1) is 16.2. The standard InChI is InChI=1S/C14H28N2O3/c1-6-12-10-16(13(18)19-14(3,4)5)8-7-15(12)9-11(2)17/h11-12,17H,6-10H2,1-5H3. The Morgan fingerprint density at radius 2 is 2.05 bits per heavy atom. The number of hydrogen-bond acceptors (Lipinski definition) is 4. The van der Waals surface area contributed by atoms with E-state index in [1.807, 2.05) is 20.8 Å². The van der Waals surface area contributed by atoms with E-state index in [1.54, 1.807) is 11.8 Å². The summed E-state index contributed by atoms with van der Waals surface area (Å²) in [6.07, 6.45) is 0.399. The van der Waals surface area contributed by atoms with Crippen molar-refractivity contribution >= 4 is 6.09 Å². The second kappa shape index (κ2) is 6.57. The first-order valence-corrected chi connectivity index (χ1v) is 7.13. The number of β-amino-alcohol motifs (C(OH)–C–C–N with tert-alkyl or cyclic N) is 1. The van der Waals surface area contributed by atoms with E-state index in [0.29, 0.717) is 25.7 Å². The second-order valence-electron chi connectivity index (χ2n) is 6.33. The van der Waals surface area contributed by atoms with E-state index < -0.39 is 5.60 Å². The van der Waals surface area contributed by atoms with Gasteiger partial charge in [-0.1, -0.05) is 6.92 Å². The predicted molar refractivity (Wildman–Crippen MR) is 75.1 cm³/mol. The van der Waals surface area contributed by atoms with E-state index in [1.165, 1.54) is 0 Å². The van der Waals surface area contributed by atoms with Crippen LogP contribution >= 0.6 is 0 Å². The molecule has 0 aliphatic carbocycles. The Hall–Kier alpha value is -0.810. The van der Waals surface area contributed by atoms with Crippen LogP contribution < -0.4 is 0 Å². The summed E-state index contributed by atoms with van der Waals surface area (Å²) in [7, 11) is 0. The number of carbonyl (C=O) groups excluding carboxylic acids is 1. The summed E-state index contributed by atoms with van der Waals surface area (Å²) in [5, 5.41) is 9.50. The SMILES string of the molecule is CCC1CN(C(=O)OC(C)(C)C)CCN1CC(C)O. The van der Waals surface area contributed by atoms with Crippen molar-refractivity contribution in [1.82, 2.24) is 9.80 Å². The summed E-state index contributed by atoms with van der Waals surface area (Å²) in [5.41, 5.74) is -0.449. The van der Waals surface area contributed by atoms with Gasteiger partial charge in [0.2, 0.25) is 0 Å². The highest BCUT2D eigenvalue weighted by Crippen LogP contribution is 2.16. The number of nitrogens with zero attached hydrogens (tertiary/aromatic N) is 2. The molecule has 0 saturated carbocycles. The molecule has 1 amide bonds. The maximum absolute atomic E-state index is 12.0. The minimum absolute atomic E-state index is 0.234. The van der Waals surface area contributed by atoms with Gasteiger partial charge in [-0.25, -0.2) is 4.79 Å². The van der Waals surface area contributed by atoms with Crippen LogP contribution in [-0.4, -0.2) is 64.9 Å². The summed E-state index contributed by atoms with van der Waals surface area (Å²) in [4.78, 5) is 16.1. The molecule has 1 aliphatic rings. The molecule has 1 heterocycles. The zero-order valence-electron chi connectivity index (χ0n) is 12.8. The number of rotatable bonds is 3. The second-order valence-corrected chi connectivity index (χ2v) is 6.33. The van der Waals surface area contributed by atoms with Crippen LogP contribution in [0.1, 0.15) is 41.0 Å². The fourth-order valence-electron chi connectivity index (χ4n) is 2.35. The van der Waals surface area contributed by atoms with Crippen LogP contribution in [0, 0.1) is 0 Å². The van der Waals surface area contributed by atoms with E-state index in [9.17, 15) is 9.90 Å². The van der Waals surface area contributed by atoms with Crippen molar-refractivity contribution in [3.63, 3.8) is 0 Å². The molecule has 5 heteroatoms. The van der Waals surface area contributed by atoms with Crippen LogP contribution in [0.3, 0.4) is 0 Å². The number of ether oxygens (including phenoxy) is 1. The predicted octanol–water partition coefficient (Wildman–Crippen LogP) is 1.70. The number of piperazine rings is 1. The highest BCUT2D eigenvalue weighted by Gasteiger charge is 2.31. The Morgan fingerprint density at radius 3 is 2.53 bits per heavy atom. The average Bonchev–Trinajstić information content (AvgIpc) is 2.26. The van der Waals surface area contributed by atoms with Crippen molar-refractivity contribution in [3.8, 4) is 0 Å². The number of aliphatic hydroxyl groups excluding tert-OH is 1. The van der Waals surface area contributed by atoms with Crippen molar-refractivity contribution < 1.29 is 14.6 Å². The van der Waals surface area contributed by atoms with Crippen molar-refractivity contribution in [2.45, 2.75) is 58.8 Å². The molecule has 0 spiro atoms. The monoisotopic (exact) mass is 272 g/mol. The van der Waals surface area contributed by atoms with Gasteiger partial charge >= 0.3 is 6.09 Å². The largest absolute Gasteiger partial charge is 0.444 e. The zero-order valence-corrected chi connectivity index (χ0v) is 12.8. The molecule has 0 aromatic rings. The topological polar surface area (TPSA) is 53.0 Å². The summed E-state index contributed by atoms with van der Waals surface area (Å²) in [6.45, 7) is 12.4. The van der Waals surface area contributed by atoms with Crippen LogP contribution in [-0.2, 0) is 4.74 Å². The summed E-state index contributed by atoms with van der Waals surface area (Å²) >= 11 is 0. The van der Waals surface area contributed by atoms with Crippen molar-refractivity contribution in [2.24, 2.45) is 0 Å². The van der Waals surface area contributed by atoms with Crippen molar-refractivity contribution in [1.29, 1.82) is 0 Å². The van der Waals surface area contributed by atoms with Crippen molar-refractivity contribution in [3.05, 3.63) is 0 Å². The average molecular weight is 272 g/mol. The summed E-state index contributed by atoms with van der Waals surface area (Å²) in [6, 6.07) is 0.302. The van der Waals surface area contributed by atoms with Gasteiger partial charge in [0.05, 0.1) is 6.10 Å². The smallest absolute Gasteiger partial charge is 0.410 e. The van der Waals surface area contributed by atoms with Crippen molar-refractivity contribution in [2.75, 3.05) is 26.2 Å². The Labute approximate surface area is 116 Å². The van der Waals surface area contributed by atoms with Gasteiger partial charge in [-0.3, -0.25) is 4.90 Å². The van der Waals surface area contributed by atoms with Gasteiger partial charge in [0, 0.05) is 32.2 Å². The molecule has 1 fully saturated rings. The van der Waals surface area contributed by atoms with Gasteiger partial charge in [0.25, 0.3) is 0 Å². The van der Waals surface area contributed by atoms with Crippen LogP contribution in [0.15, 0.2) is 0 Å². The highest BCUT2D eigenvalue weighted by atomic mass is 16.6. The molecule has 0 aromatic carbocycles. The first-order chi connectivity index (χ1) is 8.73. The summed E-state index contributed by atoms with van der Waals surface area (Å²) in [5.74, 6) is 0. The lowest BCUT2D eigenvalue weighted by Gasteiger charge is -2.41. The molecule has 1 aliphatic heterocycles. The van der Waals surface area contributed by atoms with Gasteiger partial charge in [-0.15, -0.1) is 0 Å². The molecule has 2 unspecified atom stereocenters. The molecule has 19 heavy (non-hydrogen) atoms. The minimum Gasteiger partial charge on any atom is -0.444 e. The van der Waals surface area contributed by atoms with Gasteiger partial charge in [-0.05, 0) is 34.1 Å². The van der Waals surface area contributed by atoms with Crippen LogP contribution in [0.2, 0.25) is 0 Å². The third kappa shape index (κ3) is 5.37. The third-order valence-corrected chi connectivity index (χ3v) is 3.23. The molecular weight excluding hydrogens is 244 g/mol. The van der Waals surface area contributed by atoms with E-state index in [-0.39, 0.29) is 12.2 Å². The van der Waals surface area contributed by atoms with Gasteiger partial charge in [0.15, 0.2) is 0 Å². The molecule has 5 nitrogen and oxygen atoms in total. The molecule has 0 aromatic heterocycles. The fourth-order valence-corrected chi connectivity index (χ4v) is 2.35. The van der Waals surface area contributed by atoms with E-state index in [0.717, 1.165) is 13.0 Å². The Kier molecular flexibility index (Phi) is 5.62. The molecule has 2 atom stereocenters. The minimum atomic E-state index is -0.449. The van der Waals surface area contributed by atoms with Crippen LogP contribution in [0.4, 0.5) is 4.79 Å². The van der Waals surface area contributed by atoms with Gasteiger partial charge < -0.3 is 14.7 Å². The Bertz CT molecular complexity index is 300. The lowest BCUT2D eigenvalue weighted by molar-refractivity contribution is -0.00359. The lowest BCUT2D eigenvalue weighted by atomic mass is 10.1.